The lowest BCUT2D eigenvalue weighted by atomic mass is 9.94. The fraction of sp³-hybridized carbons (Fsp3) is 0.200. The van der Waals surface area contributed by atoms with Crippen LogP contribution >= 0.6 is 0 Å². The summed E-state index contributed by atoms with van der Waals surface area (Å²) >= 11 is -2.38. The summed E-state index contributed by atoms with van der Waals surface area (Å²) < 4.78 is 61.2. The van der Waals surface area contributed by atoms with Gasteiger partial charge in [0.25, 0.3) is 0 Å². The van der Waals surface area contributed by atoms with Crippen molar-refractivity contribution in [3.63, 3.8) is 0 Å². The number of hydrogen-bond acceptors (Lipinski definition) is 7. The van der Waals surface area contributed by atoms with Crippen molar-refractivity contribution in [1.82, 2.24) is 0 Å². The fourth-order valence-corrected chi connectivity index (χ4v) is 3.72. The zero-order valence-corrected chi connectivity index (χ0v) is 14.6. The average Bonchev–Trinajstić information content (AvgIpc) is 2.52. The third kappa shape index (κ3) is 3.97. The first kappa shape index (κ1) is 18.6. The number of aliphatic hydroxyl groups is 1. The van der Waals surface area contributed by atoms with Gasteiger partial charge in [0.2, 0.25) is 0 Å². The Morgan fingerprint density at radius 2 is 1.96 bits per heavy atom. The lowest BCUT2D eigenvalue weighted by molar-refractivity contribution is 0.0196. The minimum Gasteiger partial charge on any atom is -0.508 e. The minimum absolute atomic E-state index is 0.0225. The zero-order chi connectivity index (χ0) is 19.1. The second-order valence-corrected chi connectivity index (χ2v) is 7.52. The summed E-state index contributed by atoms with van der Waals surface area (Å²) in [6.45, 7) is 0. The van der Waals surface area contributed by atoms with Crippen LogP contribution in [0.5, 0.6) is 17.2 Å². The van der Waals surface area contributed by atoms with Crippen molar-refractivity contribution in [3.8, 4) is 17.2 Å². The monoisotopic (exact) mass is 402 g/mol. The molecule has 0 radical (unpaired) electrons. The van der Waals surface area contributed by atoms with Crippen LogP contribution in [0.15, 0.2) is 41.3 Å². The molecule has 26 heavy (non-hydrogen) atoms. The van der Waals surface area contributed by atoms with Crippen LogP contribution in [0.2, 0.25) is 0 Å². The molecule has 0 amide bonds. The van der Waals surface area contributed by atoms with Crippen molar-refractivity contribution in [2.45, 2.75) is 23.5 Å². The first-order valence-corrected chi connectivity index (χ1v) is 9.69. The Bertz CT molecular complexity index is 971. The summed E-state index contributed by atoms with van der Waals surface area (Å²) in [5.74, 6) is -0.335. The SMILES string of the molecule is O=S(O)c1cc(O)cc2c1CC(O)C(c1cccc(OS(=O)(=O)O)c1)O2. The number of phenolic OH excluding ortho intramolecular Hbond substituents is 1. The second kappa shape index (κ2) is 6.85. The predicted molar refractivity (Wildman–Crippen MR) is 88.8 cm³/mol. The van der Waals surface area contributed by atoms with Crippen LogP contribution in [0, 0.1) is 0 Å². The number of benzene rings is 2. The van der Waals surface area contributed by atoms with Crippen LogP contribution in [-0.4, -0.2) is 38.0 Å². The summed E-state index contributed by atoms with van der Waals surface area (Å²) in [5.41, 5.74) is 0.636. The lowest BCUT2D eigenvalue weighted by Crippen LogP contribution is -2.31. The average molecular weight is 402 g/mol. The maximum absolute atomic E-state index is 11.4. The Morgan fingerprint density at radius 1 is 1.23 bits per heavy atom. The highest BCUT2D eigenvalue weighted by Crippen LogP contribution is 2.40. The van der Waals surface area contributed by atoms with Gasteiger partial charge >= 0.3 is 10.4 Å². The molecule has 9 nitrogen and oxygen atoms in total. The van der Waals surface area contributed by atoms with E-state index in [0.29, 0.717) is 5.56 Å². The van der Waals surface area contributed by atoms with Gasteiger partial charge in [-0.1, -0.05) is 12.1 Å². The molecule has 0 saturated carbocycles. The van der Waals surface area contributed by atoms with Gasteiger partial charge in [-0.15, -0.1) is 0 Å². The first-order valence-electron chi connectivity index (χ1n) is 7.22. The van der Waals surface area contributed by atoms with Crippen LogP contribution in [0.25, 0.3) is 0 Å². The maximum atomic E-state index is 11.4. The lowest BCUT2D eigenvalue weighted by Gasteiger charge is -2.31. The van der Waals surface area contributed by atoms with E-state index in [-0.39, 0.29) is 34.1 Å². The van der Waals surface area contributed by atoms with Crippen LogP contribution in [-0.2, 0) is 27.9 Å². The zero-order valence-electron chi connectivity index (χ0n) is 13.0. The van der Waals surface area contributed by atoms with Crippen molar-refractivity contribution in [3.05, 3.63) is 47.5 Å². The number of fused-ring (bicyclic) bond motifs is 1. The van der Waals surface area contributed by atoms with Crippen LogP contribution in [0.1, 0.15) is 17.2 Å². The molecule has 0 saturated heterocycles. The van der Waals surface area contributed by atoms with E-state index in [2.05, 4.69) is 4.18 Å². The third-order valence-electron chi connectivity index (χ3n) is 3.75. The Kier molecular flexibility index (Phi) is 4.90. The number of rotatable bonds is 4. The maximum Gasteiger partial charge on any atom is 0.446 e. The number of aliphatic hydroxyl groups excluding tert-OH is 1. The molecule has 2 aromatic carbocycles. The van der Waals surface area contributed by atoms with Gasteiger partial charge in [-0.05, 0) is 23.8 Å². The molecule has 1 aliphatic rings. The largest absolute Gasteiger partial charge is 0.508 e. The standard InChI is InChI=1S/C15H14O9S2/c16-9-5-13-11(14(6-9)25(18)19)7-12(17)15(23-13)8-2-1-3-10(4-8)24-26(20,21)22/h1-6,12,15-17H,7H2,(H,18,19)(H,20,21,22). The molecule has 1 aliphatic heterocycles. The van der Waals surface area contributed by atoms with Crippen molar-refractivity contribution < 1.29 is 40.9 Å². The molecule has 1 heterocycles. The molecule has 0 aromatic heterocycles. The normalized spacial score (nSPS) is 20.7. The van der Waals surface area contributed by atoms with Gasteiger partial charge in [-0.3, -0.25) is 4.55 Å². The fourth-order valence-electron chi connectivity index (χ4n) is 2.75. The van der Waals surface area contributed by atoms with Crippen LogP contribution in [0.4, 0.5) is 0 Å². The molecule has 2 aromatic rings. The Balaban J connectivity index is 1.97. The van der Waals surface area contributed by atoms with E-state index >= 15 is 0 Å². The minimum atomic E-state index is -4.71. The molecule has 0 aliphatic carbocycles. The van der Waals surface area contributed by atoms with Gasteiger partial charge in [0.05, 0.1) is 11.0 Å². The predicted octanol–water partition coefficient (Wildman–Crippen LogP) is 1.19. The molecule has 4 N–H and O–H groups in total. The Labute approximate surface area is 151 Å². The van der Waals surface area contributed by atoms with Crippen molar-refractivity contribution >= 4 is 21.5 Å². The Hall–Kier alpha value is -2.18. The van der Waals surface area contributed by atoms with E-state index in [0.717, 1.165) is 6.07 Å². The second-order valence-electron chi connectivity index (χ2n) is 5.56. The summed E-state index contributed by atoms with van der Waals surface area (Å²) in [7, 11) is -4.71. The van der Waals surface area contributed by atoms with Crippen LogP contribution < -0.4 is 8.92 Å². The summed E-state index contributed by atoms with van der Waals surface area (Å²) in [5, 5.41) is 20.1. The molecule has 3 unspecified atom stereocenters. The Morgan fingerprint density at radius 3 is 2.62 bits per heavy atom. The van der Waals surface area contributed by atoms with Crippen molar-refractivity contribution in [2.75, 3.05) is 0 Å². The molecular weight excluding hydrogens is 388 g/mol. The summed E-state index contributed by atoms with van der Waals surface area (Å²) in [6, 6.07) is 7.91. The van der Waals surface area contributed by atoms with E-state index in [1.807, 2.05) is 0 Å². The number of phenols is 1. The quantitative estimate of drug-likeness (QED) is 0.437. The third-order valence-corrected chi connectivity index (χ3v) is 4.89. The van der Waals surface area contributed by atoms with Crippen LogP contribution in [0.3, 0.4) is 0 Å². The van der Waals surface area contributed by atoms with E-state index in [4.69, 9.17) is 9.29 Å². The molecule has 11 heteroatoms. The van der Waals surface area contributed by atoms with Gasteiger partial charge < -0.3 is 23.7 Å². The van der Waals surface area contributed by atoms with Gasteiger partial charge in [0.1, 0.15) is 23.4 Å². The van der Waals surface area contributed by atoms with Gasteiger partial charge in [-0.25, -0.2) is 4.21 Å². The molecule has 0 fully saturated rings. The van der Waals surface area contributed by atoms with E-state index in [1.54, 1.807) is 6.07 Å². The van der Waals surface area contributed by atoms with Gasteiger partial charge in [-0.2, -0.15) is 8.42 Å². The van der Waals surface area contributed by atoms with Crippen molar-refractivity contribution in [1.29, 1.82) is 0 Å². The smallest absolute Gasteiger partial charge is 0.446 e. The van der Waals surface area contributed by atoms with E-state index in [1.165, 1.54) is 24.3 Å². The van der Waals surface area contributed by atoms with E-state index < -0.39 is 33.7 Å². The van der Waals surface area contributed by atoms with Gasteiger partial charge in [0.15, 0.2) is 11.1 Å². The highest BCUT2D eigenvalue weighted by atomic mass is 32.3. The number of aromatic hydroxyl groups is 1. The number of hydrogen-bond donors (Lipinski definition) is 4. The number of ether oxygens (including phenoxy) is 1. The molecule has 0 spiro atoms. The van der Waals surface area contributed by atoms with Gasteiger partial charge in [0, 0.05) is 18.1 Å². The molecular formula is C15H14O9S2. The molecule has 0 bridgehead atoms. The molecule has 3 rings (SSSR count). The highest BCUT2D eigenvalue weighted by molar-refractivity contribution is 7.81. The molecule has 3 atom stereocenters. The summed E-state index contributed by atoms with van der Waals surface area (Å²) in [4.78, 5) is -0.0686. The molecule has 140 valence electrons. The van der Waals surface area contributed by atoms with E-state index in [9.17, 15) is 27.4 Å². The highest BCUT2D eigenvalue weighted by Gasteiger charge is 2.33. The van der Waals surface area contributed by atoms with Crippen molar-refractivity contribution in [2.24, 2.45) is 0 Å². The first-order chi connectivity index (χ1) is 12.1. The summed E-state index contributed by atoms with van der Waals surface area (Å²) in [6.07, 6.45) is -2.09. The topological polar surface area (TPSA) is 151 Å².